The summed E-state index contributed by atoms with van der Waals surface area (Å²) in [6, 6.07) is 15.0. The van der Waals surface area contributed by atoms with Crippen molar-refractivity contribution in [2.24, 2.45) is 14.1 Å². The Morgan fingerprint density at radius 2 is 1.02 bits per heavy atom. The van der Waals surface area contributed by atoms with Gasteiger partial charge in [0.2, 0.25) is 0 Å². The number of unbranched alkanes of at least 4 members (excludes halogenated alkanes) is 2. The molecule has 0 aliphatic carbocycles. The van der Waals surface area contributed by atoms with Gasteiger partial charge in [-0.2, -0.15) is 10.2 Å². The third-order valence-electron chi connectivity index (χ3n) is 9.31. The Hall–Kier alpha value is -4.89. The number of hydrogen-bond donors (Lipinski definition) is 2. The number of phenols is 2. The van der Waals surface area contributed by atoms with Crippen LogP contribution in [0.25, 0.3) is 0 Å². The topological polar surface area (TPSA) is 164 Å². The highest BCUT2D eigenvalue weighted by molar-refractivity contribution is 6.17. The molecule has 0 saturated carbocycles. The average molecular weight is 754 g/mol. The predicted octanol–water partition coefficient (Wildman–Crippen LogP) is 2.59. The second kappa shape index (κ2) is 21.0. The van der Waals surface area contributed by atoms with Crippen molar-refractivity contribution >= 4 is 23.0 Å². The molecule has 4 heterocycles. The number of halogens is 1. The molecule has 2 aromatic heterocycles. The molecule has 0 amide bonds. The van der Waals surface area contributed by atoms with Gasteiger partial charge in [0.15, 0.2) is 0 Å². The quantitative estimate of drug-likeness (QED) is 0.171. The van der Waals surface area contributed by atoms with E-state index in [1.165, 1.54) is 48.9 Å². The van der Waals surface area contributed by atoms with Gasteiger partial charge in [0.05, 0.1) is 11.4 Å². The van der Waals surface area contributed by atoms with Crippen LogP contribution in [-0.4, -0.2) is 95.5 Å². The summed E-state index contributed by atoms with van der Waals surface area (Å²) in [5, 5.41) is 27.2. The molecule has 15 nitrogen and oxygen atoms in total. The van der Waals surface area contributed by atoms with Crippen molar-refractivity contribution in [3.63, 3.8) is 0 Å². The number of phenolic OH excluding ortho intramolecular Hbond substituents is 2. The number of alkyl halides is 1. The maximum atomic E-state index is 11.9. The van der Waals surface area contributed by atoms with E-state index >= 15 is 0 Å². The van der Waals surface area contributed by atoms with Crippen LogP contribution in [0.4, 0.5) is 11.4 Å². The summed E-state index contributed by atoms with van der Waals surface area (Å²) in [4.78, 5) is 52.5. The van der Waals surface area contributed by atoms with E-state index < -0.39 is 0 Å². The van der Waals surface area contributed by atoms with Crippen LogP contribution in [0, 0.1) is 0 Å². The summed E-state index contributed by atoms with van der Waals surface area (Å²) in [6.45, 7) is 7.83. The van der Waals surface area contributed by atoms with Crippen LogP contribution < -0.4 is 32.3 Å². The minimum absolute atomic E-state index is 0.330. The van der Waals surface area contributed by atoms with Crippen molar-refractivity contribution in [3.05, 3.63) is 103 Å². The number of piperidine rings is 1. The van der Waals surface area contributed by atoms with E-state index in [0.717, 1.165) is 98.2 Å². The van der Waals surface area contributed by atoms with E-state index in [4.69, 9.17) is 11.6 Å². The Morgan fingerprint density at radius 3 is 1.49 bits per heavy atom. The molecule has 0 unspecified atom stereocenters. The summed E-state index contributed by atoms with van der Waals surface area (Å²) in [6.07, 6.45) is 9.56. The maximum absolute atomic E-state index is 11.9. The first-order valence-electron chi connectivity index (χ1n) is 18.2. The molecule has 4 aromatic rings. The molecular weight excluding hydrogens is 702 g/mol. The zero-order chi connectivity index (χ0) is 38.2. The fraction of sp³-hybridized carbons (Fsp3) is 0.514. The van der Waals surface area contributed by atoms with Gasteiger partial charge in [-0.15, -0.1) is 11.6 Å². The number of hydrogen-bond acceptors (Lipinski definition) is 11. The van der Waals surface area contributed by atoms with Crippen LogP contribution in [0.5, 0.6) is 11.5 Å². The standard InChI is InChI=1S/C18H25N5O3.C11H15NO.C8H12ClN3O2/c1-20-17(25)14-19-23(18(20)26)9-5-4-8-21-10-12-22(13-11-21)15-6-2-3-7-16(15)24;13-11-7-3-2-6-10(11)12-8-4-1-5-9-12;1-11-7(13)6-10-12(8(11)14)5-3-2-4-9/h2-3,6-7,14,24H,4-5,8-13H2,1H3;2-3,6-7,13H,1,4-5,8-9H2;6H,2-5H2,1H3. The van der Waals surface area contributed by atoms with Gasteiger partial charge in [-0.05, 0) is 75.8 Å². The number of aryl methyl sites for hydroxylation is 2. The van der Waals surface area contributed by atoms with Crippen LogP contribution in [0.3, 0.4) is 0 Å². The number of aromatic nitrogens is 6. The normalized spacial score (nSPS) is 14.5. The van der Waals surface area contributed by atoms with E-state index in [0.29, 0.717) is 30.5 Å². The van der Waals surface area contributed by atoms with Crippen molar-refractivity contribution < 1.29 is 10.2 Å². The van der Waals surface area contributed by atoms with Crippen LogP contribution in [-0.2, 0) is 27.2 Å². The van der Waals surface area contributed by atoms with Crippen molar-refractivity contribution in [2.75, 3.05) is 61.5 Å². The van der Waals surface area contributed by atoms with Crippen molar-refractivity contribution in [2.45, 2.75) is 58.0 Å². The highest BCUT2D eigenvalue weighted by Gasteiger charge is 2.19. The Bertz CT molecular complexity index is 1960. The molecule has 2 aromatic carbocycles. The number of nitrogens with zero attached hydrogens (tertiary/aromatic N) is 9. The van der Waals surface area contributed by atoms with Crippen molar-refractivity contribution in [1.29, 1.82) is 0 Å². The zero-order valence-electron chi connectivity index (χ0n) is 30.7. The van der Waals surface area contributed by atoms with Gasteiger partial charge in [-0.1, -0.05) is 24.3 Å². The second-order valence-corrected chi connectivity index (χ2v) is 13.4. The molecule has 0 spiro atoms. The highest BCUT2D eigenvalue weighted by atomic mass is 35.5. The molecule has 16 heteroatoms. The van der Waals surface area contributed by atoms with E-state index in [9.17, 15) is 29.4 Å². The van der Waals surface area contributed by atoms with E-state index in [1.54, 1.807) is 12.1 Å². The fourth-order valence-corrected chi connectivity index (χ4v) is 6.30. The lowest BCUT2D eigenvalue weighted by Gasteiger charge is -2.36. The van der Waals surface area contributed by atoms with E-state index in [1.807, 2.05) is 36.4 Å². The maximum Gasteiger partial charge on any atom is 0.347 e. The van der Waals surface area contributed by atoms with Gasteiger partial charge in [0.1, 0.15) is 23.9 Å². The number of benzene rings is 2. The van der Waals surface area contributed by atoms with Crippen LogP contribution >= 0.6 is 11.6 Å². The molecule has 2 N–H and O–H groups in total. The SMILES string of the molecule is Cn1c(=O)cnn(CCCCCl)c1=O.Cn1c(=O)cnn(CCCCN2CCN(c3ccccc3O)CC2)c1=O.Oc1ccccc1N1CCCCC1. The first-order chi connectivity index (χ1) is 25.6. The molecule has 0 radical (unpaired) electrons. The summed E-state index contributed by atoms with van der Waals surface area (Å²) in [5.41, 5.74) is 0.368. The third kappa shape index (κ3) is 12.1. The van der Waals surface area contributed by atoms with Gasteiger partial charge < -0.3 is 20.0 Å². The summed E-state index contributed by atoms with van der Waals surface area (Å²) < 4.78 is 4.73. The number of para-hydroxylation sites is 4. The molecular formula is C37H52ClN9O6. The molecule has 6 rings (SSSR count). The lowest BCUT2D eigenvalue weighted by Crippen LogP contribution is -2.46. The molecule has 2 aliphatic heterocycles. The predicted molar refractivity (Wildman–Crippen MR) is 208 cm³/mol. The highest BCUT2D eigenvalue weighted by Crippen LogP contribution is 2.29. The monoisotopic (exact) mass is 753 g/mol. The summed E-state index contributed by atoms with van der Waals surface area (Å²) in [5.74, 6) is 1.31. The molecule has 2 fully saturated rings. The Balaban J connectivity index is 0.000000196. The molecule has 2 aliphatic rings. The molecule has 0 bridgehead atoms. The third-order valence-corrected chi connectivity index (χ3v) is 9.58. The van der Waals surface area contributed by atoms with Crippen molar-refractivity contribution in [3.8, 4) is 11.5 Å². The number of piperazine rings is 1. The van der Waals surface area contributed by atoms with E-state index in [-0.39, 0.29) is 22.5 Å². The van der Waals surface area contributed by atoms with Crippen LogP contribution in [0.15, 0.2) is 80.1 Å². The Labute approximate surface area is 313 Å². The molecule has 2 saturated heterocycles. The summed E-state index contributed by atoms with van der Waals surface area (Å²) >= 11 is 5.50. The number of rotatable bonds is 11. The number of anilines is 2. The average Bonchev–Trinajstić information content (AvgIpc) is 3.18. The second-order valence-electron chi connectivity index (χ2n) is 13.1. The minimum atomic E-state index is -0.386. The smallest absolute Gasteiger partial charge is 0.347 e. The first-order valence-corrected chi connectivity index (χ1v) is 18.7. The first kappa shape index (κ1) is 40.9. The molecule has 53 heavy (non-hydrogen) atoms. The fourth-order valence-electron chi connectivity index (χ4n) is 6.12. The van der Waals surface area contributed by atoms with Gasteiger partial charge in [-0.25, -0.2) is 19.0 Å². The lowest BCUT2D eigenvalue weighted by molar-refractivity contribution is 0.249. The van der Waals surface area contributed by atoms with Crippen LogP contribution in [0.1, 0.15) is 44.9 Å². The largest absolute Gasteiger partial charge is 0.506 e. The summed E-state index contributed by atoms with van der Waals surface area (Å²) in [7, 11) is 2.90. The Morgan fingerprint density at radius 1 is 0.585 bits per heavy atom. The van der Waals surface area contributed by atoms with Crippen LogP contribution in [0.2, 0.25) is 0 Å². The van der Waals surface area contributed by atoms with Gasteiger partial charge in [0.25, 0.3) is 11.1 Å². The van der Waals surface area contributed by atoms with Crippen molar-refractivity contribution in [1.82, 2.24) is 33.6 Å². The zero-order valence-corrected chi connectivity index (χ0v) is 31.5. The Kier molecular flexibility index (Phi) is 16.2. The minimum Gasteiger partial charge on any atom is -0.506 e. The van der Waals surface area contributed by atoms with Gasteiger partial charge in [0, 0.05) is 72.3 Å². The van der Waals surface area contributed by atoms with Gasteiger partial charge in [-0.3, -0.25) is 23.6 Å². The van der Waals surface area contributed by atoms with E-state index in [2.05, 4.69) is 24.9 Å². The molecule has 288 valence electrons. The molecule has 0 atom stereocenters. The number of aromatic hydroxyl groups is 2. The lowest BCUT2D eigenvalue weighted by atomic mass is 10.1. The van der Waals surface area contributed by atoms with Gasteiger partial charge >= 0.3 is 11.4 Å².